The van der Waals surface area contributed by atoms with Crippen molar-refractivity contribution in [2.45, 2.75) is 44.6 Å². The third-order valence-corrected chi connectivity index (χ3v) is 3.45. The monoisotopic (exact) mass is 249 g/mol. The van der Waals surface area contributed by atoms with Crippen LogP contribution in [0.5, 0.6) is 11.5 Å². The van der Waals surface area contributed by atoms with Gasteiger partial charge in [0.05, 0.1) is 6.61 Å². The van der Waals surface area contributed by atoms with Gasteiger partial charge in [-0.25, -0.2) is 0 Å². The first-order chi connectivity index (χ1) is 8.84. The summed E-state index contributed by atoms with van der Waals surface area (Å²) < 4.78 is 5.58. The summed E-state index contributed by atoms with van der Waals surface area (Å²) in [4.78, 5) is 0. The van der Waals surface area contributed by atoms with Crippen molar-refractivity contribution < 1.29 is 9.84 Å². The summed E-state index contributed by atoms with van der Waals surface area (Å²) in [6, 6.07) is 7.69. The summed E-state index contributed by atoms with van der Waals surface area (Å²) in [6.07, 6.45) is 7.81. The molecular weight excluding hydrogens is 226 g/mol. The van der Waals surface area contributed by atoms with Gasteiger partial charge in [-0.2, -0.15) is 0 Å². The van der Waals surface area contributed by atoms with Gasteiger partial charge in [0, 0.05) is 12.1 Å². The van der Waals surface area contributed by atoms with Gasteiger partial charge >= 0.3 is 0 Å². The normalized spacial score (nSPS) is 16.7. The highest BCUT2D eigenvalue weighted by Gasteiger charge is 2.11. The molecule has 100 valence electrons. The van der Waals surface area contributed by atoms with Crippen molar-refractivity contribution in [3.8, 4) is 11.5 Å². The van der Waals surface area contributed by atoms with Gasteiger partial charge in [-0.15, -0.1) is 0 Å². The molecule has 0 saturated heterocycles. The topological polar surface area (TPSA) is 41.5 Å². The maximum absolute atomic E-state index is 9.29. The van der Waals surface area contributed by atoms with Gasteiger partial charge in [0.15, 0.2) is 0 Å². The number of nitrogens with one attached hydrogen (secondary N) is 1. The van der Waals surface area contributed by atoms with Crippen molar-refractivity contribution in [2.75, 3.05) is 13.2 Å². The van der Waals surface area contributed by atoms with Gasteiger partial charge < -0.3 is 15.2 Å². The Labute approximate surface area is 109 Å². The van der Waals surface area contributed by atoms with Crippen LogP contribution in [-0.4, -0.2) is 24.3 Å². The first-order valence-electron chi connectivity index (χ1n) is 7.00. The van der Waals surface area contributed by atoms with Gasteiger partial charge in [-0.3, -0.25) is 0 Å². The fourth-order valence-electron chi connectivity index (χ4n) is 2.45. The van der Waals surface area contributed by atoms with E-state index in [1.54, 1.807) is 18.2 Å². The lowest BCUT2D eigenvalue weighted by molar-refractivity contribution is 0.295. The number of aromatic hydroxyl groups is 1. The lowest BCUT2D eigenvalue weighted by Crippen LogP contribution is -2.32. The van der Waals surface area contributed by atoms with E-state index in [0.29, 0.717) is 6.61 Å². The molecule has 1 aromatic carbocycles. The Kier molecular flexibility index (Phi) is 5.34. The lowest BCUT2D eigenvalue weighted by atomic mass is 9.95. The molecular formula is C15H23NO2. The molecule has 2 N–H and O–H groups in total. The third kappa shape index (κ3) is 4.57. The van der Waals surface area contributed by atoms with Crippen LogP contribution in [0, 0.1) is 0 Å². The van der Waals surface area contributed by atoms with Crippen molar-refractivity contribution in [2.24, 2.45) is 0 Å². The molecule has 2 rings (SSSR count). The summed E-state index contributed by atoms with van der Waals surface area (Å²) in [5, 5.41) is 12.9. The van der Waals surface area contributed by atoms with E-state index < -0.39 is 0 Å². The van der Waals surface area contributed by atoms with E-state index in [1.807, 2.05) is 6.07 Å². The standard InChI is InChI=1S/C15H23NO2/c17-14-8-4-9-15(12-14)18-11-5-10-16-13-6-2-1-3-7-13/h4,8-9,12-13,16-17H,1-3,5-7,10-11H2. The molecule has 3 nitrogen and oxygen atoms in total. The highest BCUT2D eigenvalue weighted by atomic mass is 16.5. The predicted octanol–water partition coefficient (Wildman–Crippen LogP) is 3.08. The minimum atomic E-state index is 0.257. The predicted molar refractivity (Wildman–Crippen MR) is 73.1 cm³/mol. The second-order valence-corrected chi connectivity index (χ2v) is 4.99. The molecule has 0 aromatic heterocycles. The molecule has 0 heterocycles. The van der Waals surface area contributed by atoms with E-state index in [9.17, 15) is 5.11 Å². The molecule has 1 aliphatic carbocycles. The van der Waals surface area contributed by atoms with Crippen molar-refractivity contribution in [3.05, 3.63) is 24.3 Å². The number of hydrogen-bond donors (Lipinski definition) is 2. The number of phenolic OH excluding ortho intramolecular Hbond substituents is 1. The van der Waals surface area contributed by atoms with Gasteiger partial charge in [0.25, 0.3) is 0 Å². The fourth-order valence-corrected chi connectivity index (χ4v) is 2.45. The average molecular weight is 249 g/mol. The molecule has 1 aliphatic rings. The average Bonchev–Trinajstić information content (AvgIpc) is 2.40. The van der Waals surface area contributed by atoms with Crippen LogP contribution in [0.15, 0.2) is 24.3 Å². The maximum Gasteiger partial charge on any atom is 0.122 e. The Morgan fingerprint density at radius 2 is 2.06 bits per heavy atom. The first kappa shape index (κ1) is 13.2. The van der Waals surface area contributed by atoms with Gasteiger partial charge in [0.1, 0.15) is 11.5 Å². The molecule has 0 aliphatic heterocycles. The minimum Gasteiger partial charge on any atom is -0.508 e. The van der Waals surface area contributed by atoms with E-state index in [2.05, 4.69) is 5.32 Å². The summed E-state index contributed by atoms with van der Waals surface area (Å²) in [6.45, 7) is 1.71. The van der Waals surface area contributed by atoms with E-state index >= 15 is 0 Å². The molecule has 0 radical (unpaired) electrons. The second kappa shape index (κ2) is 7.27. The Morgan fingerprint density at radius 3 is 2.83 bits per heavy atom. The third-order valence-electron chi connectivity index (χ3n) is 3.45. The van der Waals surface area contributed by atoms with E-state index in [0.717, 1.165) is 24.8 Å². The largest absolute Gasteiger partial charge is 0.508 e. The number of phenols is 1. The Bertz CT molecular complexity index is 348. The van der Waals surface area contributed by atoms with E-state index in [4.69, 9.17) is 4.74 Å². The molecule has 3 heteroatoms. The number of benzene rings is 1. The van der Waals surface area contributed by atoms with Crippen molar-refractivity contribution in [1.29, 1.82) is 0 Å². The summed E-state index contributed by atoms with van der Waals surface area (Å²) in [5.74, 6) is 1.00. The highest BCUT2D eigenvalue weighted by molar-refractivity contribution is 5.31. The maximum atomic E-state index is 9.29. The zero-order valence-corrected chi connectivity index (χ0v) is 10.9. The van der Waals surface area contributed by atoms with E-state index in [-0.39, 0.29) is 5.75 Å². The molecule has 1 fully saturated rings. The molecule has 0 atom stereocenters. The fraction of sp³-hybridized carbons (Fsp3) is 0.600. The van der Waals surface area contributed by atoms with Crippen molar-refractivity contribution in [3.63, 3.8) is 0 Å². The number of hydrogen-bond acceptors (Lipinski definition) is 3. The molecule has 1 aromatic rings. The number of ether oxygens (including phenoxy) is 1. The van der Waals surface area contributed by atoms with Gasteiger partial charge in [0.2, 0.25) is 0 Å². The van der Waals surface area contributed by atoms with Gasteiger partial charge in [-0.1, -0.05) is 25.3 Å². The van der Waals surface area contributed by atoms with Crippen LogP contribution in [0.3, 0.4) is 0 Å². The smallest absolute Gasteiger partial charge is 0.122 e. The quantitative estimate of drug-likeness (QED) is 0.761. The van der Waals surface area contributed by atoms with Crippen LogP contribution < -0.4 is 10.1 Å². The van der Waals surface area contributed by atoms with Crippen molar-refractivity contribution in [1.82, 2.24) is 5.32 Å². The molecule has 0 spiro atoms. The van der Waals surface area contributed by atoms with Crippen molar-refractivity contribution >= 4 is 0 Å². The Balaban J connectivity index is 1.55. The van der Waals surface area contributed by atoms with Crippen LogP contribution in [0.2, 0.25) is 0 Å². The molecule has 0 bridgehead atoms. The van der Waals surface area contributed by atoms with Crippen LogP contribution in [-0.2, 0) is 0 Å². The first-order valence-corrected chi connectivity index (χ1v) is 7.00. The van der Waals surface area contributed by atoms with Crippen LogP contribution >= 0.6 is 0 Å². The Hall–Kier alpha value is -1.22. The van der Waals surface area contributed by atoms with Crippen LogP contribution in [0.1, 0.15) is 38.5 Å². The lowest BCUT2D eigenvalue weighted by Gasteiger charge is -2.22. The van der Waals surface area contributed by atoms with Gasteiger partial charge in [-0.05, 0) is 37.9 Å². The summed E-state index contributed by atoms with van der Waals surface area (Å²) in [7, 11) is 0. The molecule has 0 unspecified atom stereocenters. The molecule has 0 amide bonds. The SMILES string of the molecule is Oc1cccc(OCCCNC2CCCCC2)c1. The second-order valence-electron chi connectivity index (χ2n) is 4.99. The Morgan fingerprint density at radius 1 is 1.22 bits per heavy atom. The number of rotatable bonds is 6. The van der Waals surface area contributed by atoms with Crippen LogP contribution in [0.25, 0.3) is 0 Å². The summed E-state index contributed by atoms with van der Waals surface area (Å²) >= 11 is 0. The zero-order valence-electron chi connectivity index (χ0n) is 10.9. The molecule has 1 saturated carbocycles. The summed E-state index contributed by atoms with van der Waals surface area (Å²) in [5.41, 5.74) is 0. The molecule has 18 heavy (non-hydrogen) atoms. The van der Waals surface area contributed by atoms with Crippen LogP contribution in [0.4, 0.5) is 0 Å². The minimum absolute atomic E-state index is 0.257. The van der Waals surface area contributed by atoms with E-state index in [1.165, 1.54) is 32.1 Å². The zero-order chi connectivity index (χ0) is 12.6. The highest BCUT2D eigenvalue weighted by Crippen LogP contribution is 2.18.